The van der Waals surface area contributed by atoms with Crippen molar-refractivity contribution in [2.45, 2.75) is 13.5 Å². The van der Waals surface area contributed by atoms with Gasteiger partial charge >= 0.3 is 11.7 Å². The lowest BCUT2D eigenvalue weighted by molar-refractivity contribution is -0.385. The highest BCUT2D eigenvalue weighted by Gasteiger charge is 2.15. The fraction of sp³-hybridized carbons (Fsp3) is 0.250. The summed E-state index contributed by atoms with van der Waals surface area (Å²) in [7, 11) is 0. The first kappa shape index (κ1) is 14.4. The summed E-state index contributed by atoms with van der Waals surface area (Å²) in [4.78, 5) is 21.0. The smallest absolute Gasteiger partial charge is 0.358 e. The molecule has 2 rings (SSSR count). The molecule has 2 aromatic rings. The van der Waals surface area contributed by atoms with Crippen molar-refractivity contribution in [2.24, 2.45) is 0 Å². The Bertz CT molecular complexity index is 682. The molecule has 1 heterocycles. The van der Waals surface area contributed by atoms with Crippen molar-refractivity contribution >= 4 is 11.7 Å². The Morgan fingerprint density at radius 2 is 2.29 bits per heavy atom. The molecular weight excluding hydrogens is 280 g/mol. The number of ether oxygens (including phenoxy) is 1. The Kier molecular flexibility index (Phi) is 4.12. The summed E-state index contributed by atoms with van der Waals surface area (Å²) in [6.45, 7) is 2.08. The highest BCUT2D eigenvalue weighted by Crippen LogP contribution is 2.27. The summed E-state index contributed by atoms with van der Waals surface area (Å²) < 4.78 is 6.64. The zero-order chi connectivity index (χ0) is 15.4. The molecule has 0 spiro atoms. The molecule has 1 aromatic carbocycles. The number of aromatic carboxylic acids is 1. The minimum atomic E-state index is -1.17. The molecule has 9 heteroatoms. The van der Waals surface area contributed by atoms with E-state index in [0.717, 1.165) is 5.56 Å². The third-order valence-corrected chi connectivity index (χ3v) is 2.65. The monoisotopic (exact) mass is 292 g/mol. The lowest BCUT2D eigenvalue weighted by Crippen LogP contribution is -2.09. The molecule has 0 aliphatic rings. The van der Waals surface area contributed by atoms with Crippen molar-refractivity contribution in [3.63, 3.8) is 0 Å². The van der Waals surface area contributed by atoms with Gasteiger partial charge in [0.15, 0.2) is 11.4 Å². The van der Waals surface area contributed by atoms with Crippen LogP contribution in [0.5, 0.6) is 5.75 Å². The van der Waals surface area contributed by atoms with Crippen molar-refractivity contribution in [3.05, 3.63) is 45.8 Å². The van der Waals surface area contributed by atoms with Crippen molar-refractivity contribution in [1.82, 2.24) is 15.0 Å². The van der Waals surface area contributed by atoms with E-state index < -0.39 is 10.9 Å². The van der Waals surface area contributed by atoms with Crippen LogP contribution in [-0.2, 0) is 6.54 Å². The van der Waals surface area contributed by atoms with E-state index in [0.29, 0.717) is 0 Å². The number of nitro benzene ring substituents is 1. The number of hydrogen-bond acceptors (Lipinski definition) is 6. The van der Waals surface area contributed by atoms with E-state index in [1.165, 1.54) is 23.0 Å². The molecular formula is C12H12N4O5. The van der Waals surface area contributed by atoms with Gasteiger partial charge in [-0.1, -0.05) is 11.3 Å². The summed E-state index contributed by atoms with van der Waals surface area (Å²) in [5.41, 5.74) is 0.479. The number of nitrogens with zero attached hydrogens (tertiary/aromatic N) is 4. The van der Waals surface area contributed by atoms with Crippen LogP contribution in [-0.4, -0.2) is 37.6 Å². The third-order valence-electron chi connectivity index (χ3n) is 2.65. The Labute approximate surface area is 118 Å². The second kappa shape index (κ2) is 5.99. The van der Waals surface area contributed by atoms with Crippen molar-refractivity contribution in [3.8, 4) is 5.75 Å². The van der Waals surface area contributed by atoms with Crippen LogP contribution < -0.4 is 4.74 Å². The number of rotatable bonds is 6. The molecule has 21 heavy (non-hydrogen) atoms. The second-order valence-corrected chi connectivity index (χ2v) is 4.25. The molecule has 0 bridgehead atoms. The second-order valence-electron chi connectivity index (χ2n) is 4.25. The van der Waals surface area contributed by atoms with Gasteiger partial charge in [0.2, 0.25) is 0 Å². The van der Waals surface area contributed by atoms with Gasteiger partial charge in [-0.25, -0.2) is 9.48 Å². The molecule has 110 valence electrons. The van der Waals surface area contributed by atoms with Gasteiger partial charge < -0.3 is 9.84 Å². The summed E-state index contributed by atoms with van der Waals surface area (Å²) in [6, 6.07) is 4.66. The van der Waals surface area contributed by atoms with Crippen LogP contribution in [0.25, 0.3) is 0 Å². The van der Waals surface area contributed by atoms with E-state index in [1.807, 2.05) is 0 Å². The van der Waals surface area contributed by atoms with Gasteiger partial charge in [-0.3, -0.25) is 10.1 Å². The third kappa shape index (κ3) is 3.53. The number of benzene rings is 1. The predicted octanol–water partition coefficient (Wildman–Crippen LogP) is 1.27. The number of hydrogen-bond donors (Lipinski definition) is 1. The number of nitro groups is 1. The molecule has 0 saturated carbocycles. The van der Waals surface area contributed by atoms with E-state index >= 15 is 0 Å². The first-order valence-corrected chi connectivity index (χ1v) is 5.98. The fourth-order valence-electron chi connectivity index (χ4n) is 1.65. The normalized spacial score (nSPS) is 10.3. The molecule has 0 aliphatic carbocycles. The molecule has 0 unspecified atom stereocenters. The van der Waals surface area contributed by atoms with E-state index in [-0.39, 0.29) is 30.3 Å². The molecule has 0 aliphatic heterocycles. The summed E-state index contributed by atoms with van der Waals surface area (Å²) in [6.07, 6.45) is 1.26. The molecule has 0 radical (unpaired) electrons. The van der Waals surface area contributed by atoms with Gasteiger partial charge in [0.05, 0.1) is 17.7 Å². The average Bonchev–Trinajstić information content (AvgIpc) is 2.89. The van der Waals surface area contributed by atoms with E-state index in [9.17, 15) is 14.9 Å². The molecule has 9 nitrogen and oxygen atoms in total. The summed E-state index contributed by atoms with van der Waals surface area (Å²) in [5.74, 6) is -1.01. The topological polar surface area (TPSA) is 120 Å². The van der Waals surface area contributed by atoms with E-state index in [4.69, 9.17) is 9.84 Å². The maximum Gasteiger partial charge on any atom is 0.358 e. The van der Waals surface area contributed by atoms with Crippen LogP contribution >= 0.6 is 0 Å². The maximum atomic E-state index is 10.9. The fourth-order valence-corrected chi connectivity index (χ4v) is 1.65. The van der Waals surface area contributed by atoms with Crippen molar-refractivity contribution in [2.75, 3.05) is 6.61 Å². The zero-order valence-electron chi connectivity index (χ0n) is 11.1. The molecule has 0 amide bonds. The molecule has 0 atom stereocenters. The Morgan fingerprint density at radius 1 is 1.52 bits per heavy atom. The average molecular weight is 292 g/mol. The molecule has 0 fully saturated rings. The predicted molar refractivity (Wildman–Crippen MR) is 70.3 cm³/mol. The van der Waals surface area contributed by atoms with Crippen molar-refractivity contribution in [1.29, 1.82) is 0 Å². The summed E-state index contributed by atoms with van der Waals surface area (Å²) >= 11 is 0. The minimum absolute atomic E-state index is 0.103. The Balaban J connectivity index is 2.00. The van der Waals surface area contributed by atoms with Crippen LogP contribution in [0, 0.1) is 17.0 Å². The first-order chi connectivity index (χ1) is 9.97. The number of carbonyl (C=O) groups is 1. The highest BCUT2D eigenvalue weighted by molar-refractivity contribution is 5.84. The summed E-state index contributed by atoms with van der Waals surface area (Å²) in [5, 5.41) is 26.7. The van der Waals surface area contributed by atoms with Crippen LogP contribution in [0.1, 0.15) is 16.1 Å². The number of aromatic nitrogens is 3. The van der Waals surface area contributed by atoms with Crippen LogP contribution in [0.4, 0.5) is 5.69 Å². The molecule has 0 saturated heterocycles. The molecule has 1 aromatic heterocycles. The van der Waals surface area contributed by atoms with Gasteiger partial charge in [0.25, 0.3) is 0 Å². The SMILES string of the molecule is Cc1ccc(OCCn2cc(C(=O)O)nn2)c([N+](=O)[O-])c1. The van der Waals surface area contributed by atoms with Gasteiger partial charge in [-0.05, 0) is 18.6 Å². The van der Waals surface area contributed by atoms with Gasteiger partial charge in [0, 0.05) is 6.07 Å². The van der Waals surface area contributed by atoms with Gasteiger partial charge in [-0.15, -0.1) is 5.10 Å². The number of carboxylic acids is 1. The van der Waals surface area contributed by atoms with E-state index in [1.54, 1.807) is 13.0 Å². The van der Waals surface area contributed by atoms with Crippen molar-refractivity contribution < 1.29 is 19.6 Å². The highest BCUT2D eigenvalue weighted by atomic mass is 16.6. The van der Waals surface area contributed by atoms with Gasteiger partial charge in [0.1, 0.15) is 6.61 Å². The number of aryl methyl sites for hydroxylation is 1. The van der Waals surface area contributed by atoms with Crippen LogP contribution in [0.15, 0.2) is 24.4 Å². The quantitative estimate of drug-likeness (QED) is 0.628. The zero-order valence-corrected chi connectivity index (χ0v) is 11.1. The minimum Gasteiger partial charge on any atom is -0.485 e. The van der Waals surface area contributed by atoms with Crippen LogP contribution in [0.3, 0.4) is 0 Å². The van der Waals surface area contributed by atoms with Crippen LogP contribution in [0.2, 0.25) is 0 Å². The largest absolute Gasteiger partial charge is 0.485 e. The van der Waals surface area contributed by atoms with Gasteiger partial charge in [-0.2, -0.15) is 0 Å². The van der Waals surface area contributed by atoms with E-state index in [2.05, 4.69) is 10.3 Å². The maximum absolute atomic E-state index is 10.9. The first-order valence-electron chi connectivity index (χ1n) is 5.98. The Hall–Kier alpha value is -2.97. The lowest BCUT2D eigenvalue weighted by Gasteiger charge is -2.07. The lowest BCUT2D eigenvalue weighted by atomic mass is 10.2. The number of carboxylic acid groups (broad SMARTS) is 1. The molecule has 1 N–H and O–H groups in total. The standard InChI is InChI=1S/C12H12N4O5/c1-8-2-3-11(10(6-8)16(19)20)21-5-4-15-7-9(12(17)18)13-14-15/h2-3,6-7H,4-5H2,1H3,(H,17,18). The Morgan fingerprint density at radius 3 is 2.90 bits per heavy atom.